The number of hydrogen-bond donors (Lipinski definition) is 0. The predicted octanol–water partition coefficient (Wildman–Crippen LogP) is -3.92. The minimum absolute atomic E-state index is 0. The first-order chi connectivity index (χ1) is 3.46. The first-order valence-corrected chi connectivity index (χ1v) is 2.05. The average Bonchev–Trinajstić information content (AvgIpc) is 1.25. The summed E-state index contributed by atoms with van der Waals surface area (Å²) in [7, 11) is 6.06. The summed E-state index contributed by atoms with van der Waals surface area (Å²) in [6.45, 7) is 1.64. The van der Waals surface area contributed by atoms with Crippen LogP contribution in [0, 0.1) is 0 Å². The zero-order chi connectivity index (χ0) is 7.15. The Labute approximate surface area is 80.7 Å². The molecule has 0 aromatic rings. The molecular formula is C5H15BNNaO. The van der Waals surface area contributed by atoms with Gasteiger partial charge in [-0.2, -0.15) is 0 Å². The van der Waals surface area contributed by atoms with E-state index in [4.69, 9.17) is 0 Å². The van der Waals surface area contributed by atoms with Crippen LogP contribution in [0.15, 0.2) is 0 Å². The molecule has 0 saturated heterocycles. The third-order valence-electron chi connectivity index (χ3n) is 0. The Morgan fingerprint density at radius 2 is 1.33 bits per heavy atom. The van der Waals surface area contributed by atoms with E-state index >= 15 is 0 Å². The van der Waals surface area contributed by atoms with Gasteiger partial charge in [-0.25, -0.2) is 0 Å². The molecule has 0 amide bonds. The van der Waals surface area contributed by atoms with Gasteiger partial charge in [0, 0.05) is 7.85 Å². The number of rotatable bonds is 0. The van der Waals surface area contributed by atoms with Crippen molar-refractivity contribution in [3.05, 3.63) is 0 Å². The standard InChI is InChI=1S/C3H9N.C2H6BO.Na/c1-4(2)3;1-2(3)4;/h1-3H3;1,3H3;/q;-1;+1. The van der Waals surface area contributed by atoms with Gasteiger partial charge in [0.1, 0.15) is 0 Å². The van der Waals surface area contributed by atoms with E-state index < -0.39 is 0 Å². The van der Waals surface area contributed by atoms with Crippen molar-refractivity contribution in [3.8, 4) is 0 Å². The van der Waals surface area contributed by atoms with Crippen LogP contribution >= 0.6 is 0 Å². The van der Waals surface area contributed by atoms with Crippen molar-refractivity contribution < 1.29 is 34.4 Å². The quantitative estimate of drug-likeness (QED) is 0.319. The van der Waals surface area contributed by atoms with E-state index in [0.717, 1.165) is 0 Å². The maximum absolute atomic E-state index is 9.56. The molecule has 9 heavy (non-hydrogen) atoms. The van der Waals surface area contributed by atoms with Crippen LogP contribution in [-0.2, 0) is 4.79 Å². The van der Waals surface area contributed by atoms with Gasteiger partial charge in [0.05, 0.1) is 0 Å². The normalized spacial score (nSPS) is 6.89. The Morgan fingerprint density at radius 3 is 1.33 bits per heavy atom. The maximum atomic E-state index is 9.56. The van der Waals surface area contributed by atoms with E-state index in [1.807, 2.05) is 26.0 Å². The van der Waals surface area contributed by atoms with E-state index in [9.17, 15) is 4.79 Å². The van der Waals surface area contributed by atoms with Gasteiger partial charge >= 0.3 is 29.6 Å². The summed E-state index contributed by atoms with van der Waals surface area (Å²) in [5.74, 6) is 0. The van der Waals surface area contributed by atoms with Gasteiger partial charge in [0.2, 0.25) is 0 Å². The zero-order valence-corrected chi connectivity index (χ0v) is 8.36. The smallest absolute Gasteiger partial charge is 0.348 e. The molecule has 0 heterocycles. The molecule has 0 unspecified atom stereocenters. The molecule has 2 nitrogen and oxygen atoms in total. The molecule has 50 valence electrons. The fourth-order valence-corrected chi connectivity index (χ4v) is 0. The van der Waals surface area contributed by atoms with E-state index in [0.29, 0.717) is 5.68 Å². The van der Waals surface area contributed by atoms with E-state index in [1.54, 1.807) is 6.92 Å². The van der Waals surface area contributed by atoms with Crippen LogP contribution in [0.2, 0.25) is 0 Å². The topological polar surface area (TPSA) is 20.3 Å². The monoisotopic (exact) mass is 139 g/mol. The first-order valence-electron chi connectivity index (χ1n) is 2.05. The van der Waals surface area contributed by atoms with Crippen LogP contribution in [0.25, 0.3) is 0 Å². The largest absolute Gasteiger partial charge is 1.00 e. The van der Waals surface area contributed by atoms with Crippen molar-refractivity contribution in [2.75, 3.05) is 21.1 Å². The van der Waals surface area contributed by atoms with Crippen LogP contribution in [0.3, 0.4) is 0 Å². The third-order valence-corrected chi connectivity index (χ3v) is 0. The Kier molecular flexibility index (Phi) is 20.9. The van der Waals surface area contributed by atoms with Crippen molar-refractivity contribution in [1.82, 2.24) is 4.90 Å². The molecule has 0 rings (SSSR count). The molecule has 0 atom stereocenters. The molecule has 0 aromatic carbocycles. The van der Waals surface area contributed by atoms with Gasteiger partial charge in [0.15, 0.2) is 0 Å². The molecule has 0 radical (unpaired) electrons. The number of carbonyl (C=O) groups is 1. The summed E-state index contributed by atoms with van der Waals surface area (Å²) in [4.78, 5) is 11.6. The van der Waals surface area contributed by atoms with Crippen LogP contribution in [0.1, 0.15) is 6.92 Å². The summed E-state index contributed by atoms with van der Waals surface area (Å²) in [6.07, 6.45) is 0. The van der Waals surface area contributed by atoms with Crippen LogP contribution < -0.4 is 29.6 Å². The molecule has 0 fully saturated rings. The SMILES string of the molecule is CN(C)C.[BH3-]C(C)=O.[Na+]. The molecule has 0 bridgehead atoms. The predicted molar refractivity (Wildman–Crippen MR) is 40.2 cm³/mol. The summed E-state index contributed by atoms with van der Waals surface area (Å²) in [5.41, 5.74) is 0.417. The van der Waals surface area contributed by atoms with Crippen molar-refractivity contribution in [1.29, 1.82) is 0 Å². The van der Waals surface area contributed by atoms with Gasteiger partial charge in [-0.1, -0.05) is 0 Å². The van der Waals surface area contributed by atoms with Gasteiger partial charge in [-0.3, -0.25) is 0 Å². The molecule has 4 heteroatoms. The minimum atomic E-state index is 0. The van der Waals surface area contributed by atoms with E-state index in [1.165, 1.54) is 0 Å². The Hall–Kier alpha value is 0.695. The number of nitrogens with zero attached hydrogens (tertiary/aromatic N) is 1. The van der Waals surface area contributed by atoms with Crippen molar-refractivity contribution in [2.45, 2.75) is 6.92 Å². The van der Waals surface area contributed by atoms with Gasteiger partial charge in [0.25, 0.3) is 0 Å². The Morgan fingerprint density at radius 1 is 1.33 bits per heavy atom. The third kappa shape index (κ3) is 807. The van der Waals surface area contributed by atoms with E-state index in [2.05, 4.69) is 0 Å². The molecule has 0 saturated carbocycles. The van der Waals surface area contributed by atoms with Crippen LogP contribution in [0.5, 0.6) is 0 Å². The molecule has 0 aliphatic rings. The molecule has 0 aliphatic heterocycles. The summed E-state index contributed by atoms with van der Waals surface area (Å²) in [6, 6.07) is 0. The fourth-order valence-electron chi connectivity index (χ4n) is 0. The van der Waals surface area contributed by atoms with Crippen LogP contribution in [0.4, 0.5) is 0 Å². The molecule has 0 aromatic heterocycles. The maximum Gasteiger partial charge on any atom is 1.00 e. The first kappa shape index (κ1) is 16.4. The van der Waals surface area contributed by atoms with Gasteiger partial charge in [-0.15, -0.1) is 0 Å². The molecule has 0 aliphatic carbocycles. The summed E-state index contributed by atoms with van der Waals surface area (Å²) >= 11 is 0. The molecule has 0 N–H and O–H groups in total. The second-order valence-electron chi connectivity index (χ2n) is 1.55. The Bertz CT molecular complexity index is 61.2. The summed E-state index contributed by atoms with van der Waals surface area (Å²) in [5, 5.41) is 0. The van der Waals surface area contributed by atoms with Crippen molar-refractivity contribution >= 4 is 13.5 Å². The average molecular weight is 139 g/mol. The fraction of sp³-hybridized carbons (Fsp3) is 0.800. The summed E-state index contributed by atoms with van der Waals surface area (Å²) < 4.78 is 0. The Balaban J connectivity index is -0.0000000720. The van der Waals surface area contributed by atoms with E-state index in [-0.39, 0.29) is 37.4 Å². The van der Waals surface area contributed by atoms with Crippen LogP contribution in [-0.4, -0.2) is 39.6 Å². The molecule has 0 spiro atoms. The number of carbonyl (C=O) groups excluding carboxylic acids is 1. The minimum Gasteiger partial charge on any atom is -0.348 e. The van der Waals surface area contributed by atoms with Gasteiger partial charge < -0.3 is 9.69 Å². The molecular weight excluding hydrogens is 124 g/mol. The second kappa shape index (κ2) is 11.5. The van der Waals surface area contributed by atoms with Crippen molar-refractivity contribution in [2.24, 2.45) is 0 Å². The van der Waals surface area contributed by atoms with Gasteiger partial charge in [-0.05, 0) is 33.7 Å². The van der Waals surface area contributed by atoms with Crippen molar-refractivity contribution in [3.63, 3.8) is 0 Å². The zero-order valence-electron chi connectivity index (χ0n) is 6.36. The second-order valence-corrected chi connectivity index (χ2v) is 1.55. The number of hydrogen-bond acceptors (Lipinski definition) is 2.